The highest BCUT2D eigenvalue weighted by atomic mass is 16.3. The lowest BCUT2D eigenvalue weighted by Gasteiger charge is -2.28. The van der Waals surface area contributed by atoms with Gasteiger partial charge in [-0.1, -0.05) is 127 Å². The molecule has 0 fully saturated rings. The Kier molecular flexibility index (Phi) is 7.17. The first-order chi connectivity index (χ1) is 27.2. The number of para-hydroxylation sites is 2. The Morgan fingerprint density at radius 3 is 1.55 bits per heavy atom. The maximum atomic E-state index is 6.53. The molecule has 0 N–H and O–H groups in total. The predicted octanol–water partition coefficient (Wildman–Crippen LogP) is 15.1. The van der Waals surface area contributed by atoms with E-state index in [1.54, 1.807) is 0 Å². The van der Waals surface area contributed by atoms with Gasteiger partial charge in [-0.3, -0.25) is 0 Å². The van der Waals surface area contributed by atoms with Gasteiger partial charge in [0.1, 0.15) is 22.3 Å². The van der Waals surface area contributed by atoms with E-state index in [1.165, 1.54) is 21.9 Å². The van der Waals surface area contributed by atoms with Crippen LogP contribution in [0.4, 0.5) is 17.1 Å². The molecule has 0 aliphatic heterocycles. The number of hydrogen-bond donors (Lipinski definition) is 0. The Hall–Kier alpha value is -7.36. The summed E-state index contributed by atoms with van der Waals surface area (Å²) in [6.07, 6.45) is 0. The summed E-state index contributed by atoms with van der Waals surface area (Å²) in [6.45, 7) is 0. The first-order valence-corrected chi connectivity index (χ1v) is 18.7. The fourth-order valence-corrected chi connectivity index (χ4v) is 8.11. The Bertz CT molecular complexity index is 3190. The molecule has 0 unspecified atom stereocenters. The van der Waals surface area contributed by atoms with Crippen LogP contribution in [0.1, 0.15) is 0 Å². The second-order valence-electron chi connectivity index (χ2n) is 14.1. The van der Waals surface area contributed by atoms with Crippen molar-refractivity contribution in [2.45, 2.75) is 0 Å². The highest BCUT2D eigenvalue weighted by Crippen LogP contribution is 2.43. The van der Waals surface area contributed by atoms with E-state index in [4.69, 9.17) is 8.83 Å². The molecule has 2 heterocycles. The van der Waals surface area contributed by atoms with Gasteiger partial charge in [-0.2, -0.15) is 0 Å². The molecule has 2 aromatic heterocycles. The van der Waals surface area contributed by atoms with Crippen LogP contribution < -0.4 is 4.90 Å². The van der Waals surface area contributed by atoms with Gasteiger partial charge in [-0.15, -0.1) is 0 Å². The smallest absolute Gasteiger partial charge is 0.136 e. The summed E-state index contributed by atoms with van der Waals surface area (Å²) in [6, 6.07) is 71.0. The number of furan rings is 2. The zero-order chi connectivity index (χ0) is 36.3. The third kappa shape index (κ3) is 5.36. The van der Waals surface area contributed by atoms with Crippen LogP contribution in [0.3, 0.4) is 0 Å². The molecule has 0 saturated carbocycles. The summed E-state index contributed by atoms with van der Waals surface area (Å²) in [5, 5.41) is 6.91. The molecule has 0 amide bonds. The first kappa shape index (κ1) is 31.2. The molecule has 0 aliphatic carbocycles. The maximum Gasteiger partial charge on any atom is 0.136 e. The molecule has 11 aromatic rings. The minimum atomic E-state index is 0.877. The third-order valence-electron chi connectivity index (χ3n) is 10.9. The van der Waals surface area contributed by atoms with E-state index in [0.29, 0.717) is 0 Å². The molecule has 0 saturated heterocycles. The number of benzene rings is 9. The summed E-state index contributed by atoms with van der Waals surface area (Å²) in [5.41, 5.74) is 13.6. The summed E-state index contributed by atoms with van der Waals surface area (Å²) in [4.78, 5) is 2.35. The molecule has 0 bridgehead atoms. The van der Waals surface area contributed by atoms with Gasteiger partial charge in [-0.05, 0) is 111 Å². The fourth-order valence-electron chi connectivity index (χ4n) is 8.11. The summed E-state index contributed by atoms with van der Waals surface area (Å²) < 4.78 is 12.8. The number of hydrogen-bond acceptors (Lipinski definition) is 3. The molecule has 55 heavy (non-hydrogen) atoms. The lowest BCUT2D eigenvalue weighted by Crippen LogP contribution is -2.11. The van der Waals surface area contributed by atoms with Crippen LogP contribution in [-0.4, -0.2) is 0 Å². The van der Waals surface area contributed by atoms with Gasteiger partial charge in [0.15, 0.2) is 0 Å². The Labute approximate surface area is 317 Å². The summed E-state index contributed by atoms with van der Waals surface area (Å²) in [7, 11) is 0. The van der Waals surface area contributed by atoms with E-state index in [0.717, 1.165) is 83.2 Å². The van der Waals surface area contributed by atoms with Crippen molar-refractivity contribution in [1.82, 2.24) is 0 Å². The van der Waals surface area contributed by atoms with Crippen molar-refractivity contribution >= 4 is 71.7 Å². The van der Waals surface area contributed by atoms with Crippen LogP contribution in [0.25, 0.3) is 88.0 Å². The standard InChI is InChI=1S/C52H33NO2/c1-2-10-34(11-3-1)35-18-24-41(25-19-35)53(42-26-20-36(21-27-42)39-22-28-45-44-15-7-9-17-49(44)54-50(45)32-39)48-16-8-6-14-43(48)40-23-29-46-47-30-37-12-4-5-13-38(37)31-52(47)55-51(46)33-40/h1-33H. The van der Waals surface area contributed by atoms with Gasteiger partial charge in [0.25, 0.3) is 0 Å². The van der Waals surface area contributed by atoms with Crippen molar-refractivity contribution in [2.75, 3.05) is 4.90 Å². The topological polar surface area (TPSA) is 29.5 Å². The molecule has 0 aliphatic rings. The quantitative estimate of drug-likeness (QED) is 0.173. The molecular formula is C52H33NO2. The Morgan fingerprint density at radius 1 is 0.291 bits per heavy atom. The maximum absolute atomic E-state index is 6.53. The average molecular weight is 704 g/mol. The minimum absolute atomic E-state index is 0.877. The van der Waals surface area contributed by atoms with Crippen LogP contribution in [0.2, 0.25) is 0 Å². The van der Waals surface area contributed by atoms with Crippen molar-refractivity contribution < 1.29 is 8.83 Å². The van der Waals surface area contributed by atoms with Gasteiger partial charge in [-0.25, -0.2) is 0 Å². The SMILES string of the molecule is c1ccc(-c2ccc(N(c3ccc(-c4ccc5c(c4)oc4ccccc45)cc3)c3ccccc3-c3ccc4c(c3)oc3cc5ccccc5cc34)cc2)cc1. The van der Waals surface area contributed by atoms with Crippen molar-refractivity contribution in [1.29, 1.82) is 0 Å². The lowest BCUT2D eigenvalue weighted by molar-refractivity contribution is 0.669. The van der Waals surface area contributed by atoms with E-state index >= 15 is 0 Å². The van der Waals surface area contributed by atoms with Crippen LogP contribution in [0, 0.1) is 0 Å². The van der Waals surface area contributed by atoms with Crippen molar-refractivity contribution in [3.8, 4) is 33.4 Å². The monoisotopic (exact) mass is 703 g/mol. The Balaban J connectivity index is 1.02. The highest BCUT2D eigenvalue weighted by Gasteiger charge is 2.19. The van der Waals surface area contributed by atoms with Gasteiger partial charge >= 0.3 is 0 Å². The van der Waals surface area contributed by atoms with E-state index in [1.807, 2.05) is 12.1 Å². The second-order valence-corrected chi connectivity index (χ2v) is 14.1. The molecule has 0 radical (unpaired) electrons. The van der Waals surface area contributed by atoms with Crippen LogP contribution in [0.15, 0.2) is 209 Å². The molecule has 3 heteroatoms. The van der Waals surface area contributed by atoms with Crippen LogP contribution in [-0.2, 0) is 0 Å². The predicted molar refractivity (Wildman–Crippen MR) is 229 cm³/mol. The van der Waals surface area contributed by atoms with E-state index in [2.05, 4.69) is 193 Å². The van der Waals surface area contributed by atoms with Gasteiger partial charge in [0.2, 0.25) is 0 Å². The molecular weight excluding hydrogens is 671 g/mol. The van der Waals surface area contributed by atoms with E-state index in [9.17, 15) is 0 Å². The number of nitrogens with zero attached hydrogens (tertiary/aromatic N) is 1. The lowest BCUT2D eigenvalue weighted by atomic mass is 9.99. The Morgan fingerprint density at radius 2 is 0.782 bits per heavy atom. The minimum Gasteiger partial charge on any atom is -0.456 e. The van der Waals surface area contributed by atoms with Crippen LogP contribution in [0.5, 0.6) is 0 Å². The van der Waals surface area contributed by atoms with Crippen molar-refractivity contribution in [3.05, 3.63) is 200 Å². The first-order valence-electron chi connectivity index (χ1n) is 18.7. The zero-order valence-electron chi connectivity index (χ0n) is 29.8. The molecule has 9 aromatic carbocycles. The fraction of sp³-hybridized carbons (Fsp3) is 0. The van der Waals surface area contributed by atoms with Crippen LogP contribution >= 0.6 is 0 Å². The average Bonchev–Trinajstić information content (AvgIpc) is 3.81. The molecule has 0 atom stereocenters. The molecule has 0 spiro atoms. The summed E-state index contributed by atoms with van der Waals surface area (Å²) in [5.74, 6) is 0. The highest BCUT2D eigenvalue weighted by molar-refractivity contribution is 6.11. The van der Waals surface area contributed by atoms with Gasteiger partial charge in [0, 0.05) is 38.5 Å². The van der Waals surface area contributed by atoms with Gasteiger partial charge < -0.3 is 13.7 Å². The van der Waals surface area contributed by atoms with Gasteiger partial charge in [0.05, 0.1) is 5.69 Å². The number of anilines is 3. The third-order valence-corrected chi connectivity index (χ3v) is 10.9. The van der Waals surface area contributed by atoms with E-state index in [-0.39, 0.29) is 0 Å². The summed E-state index contributed by atoms with van der Waals surface area (Å²) >= 11 is 0. The normalized spacial score (nSPS) is 11.6. The number of fused-ring (bicyclic) bond motifs is 7. The zero-order valence-corrected chi connectivity index (χ0v) is 29.8. The molecule has 3 nitrogen and oxygen atoms in total. The number of rotatable bonds is 6. The van der Waals surface area contributed by atoms with E-state index < -0.39 is 0 Å². The molecule has 258 valence electrons. The van der Waals surface area contributed by atoms with Crippen molar-refractivity contribution in [2.24, 2.45) is 0 Å². The largest absolute Gasteiger partial charge is 0.456 e. The second kappa shape index (κ2) is 12.6. The van der Waals surface area contributed by atoms with Crippen molar-refractivity contribution in [3.63, 3.8) is 0 Å². The molecule has 11 rings (SSSR count).